The maximum absolute atomic E-state index is 12.5. The van der Waals surface area contributed by atoms with Gasteiger partial charge in [0.1, 0.15) is 0 Å². The third-order valence-electron chi connectivity index (χ3n) is 16.9. The fraction of sp³-hybridized carbons (Fsp3) is 0.931. The van der Waals surface area contributed by atoms with E-state index < -0.39 is 12.1 Å². The van der Waals surface area contributed by atoms with E-state index in [1.807, 2.05) is 6.08 Å². The van der Waals surface area contributed by atoms with E-state index in [9.17, 15) is 15.0 Å². The molecule has 2 unspecified atom stereocenters. The summed E-state index contributed by atoms with van der Waals surface area (Å²) in [6.07, 6.45) is 92.9. The second kappa shape index (κ2) is 68.1. The molecule has 0 aromatic rings. The Balaban J connectivity index is 3.39. The zero-order valence-corrected chi connectivity index (χ0v) is 52.3. The smallest absolute Gasteiger partial charge is 0.220 e. The molecule has 4 nitrogen and oxygen atoms in total. The summed E-state index contributed by atoms with van der Waals surface area (Å²) in [4.78, 5) is 12.5. The second-order valence-electron chi connectivity index (χ2n) is 24.7. The van der Waals surface area contributed by atoms with E-state index >= 15 is 0 Å². The number of hydrogen-bond acceptors (Lipinski definition) is 3. The lowest BCUT2D eigenvalue weighted by Crippen LogP contribution is -2.45. The molecule has 0 fully saturated rings. The van der Waals surface area contributed by atoms with Gasteiger partial charge in [0.25, 0.3) is 0 Å². The summed E-state index contributed by atoms with van der Waals surface area (Å²) < 4.78 is 0. The highest BCUT2D eigenvalue weighted by Crippen LogP contribution is 2.20. The van der Waals surface area contributed by atoms with Crippen LogP contribution < -0.4 is 5.32 Å². The number of hydrogen-bond donors (Lipinski definition) is 3. The molecule has 0 aromatic heterocycles. The summed E-state index contributed by atoms with van der Waals surface area (Å²) in [5.41, 5.74) is 0. The van der Waals surface area contributed by atoms with E-state index in [4.69, 9.17) is 0 Å². The minimum absolute atomic E-state index is 0.0641. The van der Waals surface area contributed by atoms with Crippen LogP contribution in [0.2, 0.25) is 0 Å². The van der Waals surface area contributed by atoms with Crippen LogP contribution in [0.25, 0.3) is 0 Å². The molecule has 0 heterocycles. The molecule has 0 aliphatic carbocycles. The number of aliphatic hydroxyl groups is 2. The number of rotatable bonds is 67. The topological polar surface area (TPSA) is 69.6 Å². The van der Waals surface area contributed by atoms with Crippen molar-refractivity contribution in [3.63, 3.8) is 0 Å². The summed E-state index contributed by atoms with van der Waals surface area (Å²) in [5.74, 6) is -0.0641. The van der Waals surface area contributed by atoms with Gasteiger partial charge in [0.2, 0.25) is 5.91 Å². The molecule has 3 N–H and O–H groups in total. The van der Waals surface area contributed by atoms with Crippen molar-refractivity contribution in [2.24, 2.45) is 0 Å². The largest absolute Gasteiger partial charge is 0.394 e. The fourth-order valence-corrected chi connectivity index (χ4v) is 11.6. The number of allylic oxidation sites excluding steroid dienone is 3. The fourth-order valence-electron chi connectivity index (χ4n) is 11.6. The number of amides is 1. The molecule has 0 spiro atoms. The monoisotopic (exact) mass is 1070 g/mol. The second-order valence-corrected chi connectivity index (χ2v) is 24.7. The van der Waals surface area contributed by atoms with Gasteiger partial charge in [0.05, 0.1) is 18.8 Å². The van der Waals surface area contributed by atoms with Crippen molar-refractivity contribution in [3.8, 4) is 0 Å². The van der Waals surface area contributed by atoms with Crippen LogP contribution in [-0.4, -0.2) is 34.9 Å². The molecule has 0 bridgehead atoms. The van der Waals surface area contributed by atoms with Crippen LogP contribution in [-0.2, 0) is 4.79 Å². The van der Waals surface area contributed by atoms with Crippen molar-refractivity contribution < 1.29 is 15.0 Å². The van der Waals surface area contributed by atoms with E-state index in [0.717, 1.165) is 32.1 Å². The molecule has 0 aliphatic heterocycles. The highest BCUT2D eigenvalue weighted by molar-refractivity contribution is 5.76. The normalized spacial score (nSPS) is 12.7. The van der Waals surface area contributed by atoms with Gasteiger partial charge in [-0.2, -0.15) is 0 Å². The van der Waals surface area contributed by atoms with Crippen molar-refractivity contribution in [2.75, 3.05) is 6.61 Å². The maximum Gasteiger partial charge on any atom is 0.220 e. The minimum Gasteiger partial charge on any atom is -0.394 e. The van der Waals surface area contributed by atoms with Crippen molar-refractivity contribution in [3.05, 3.63) is 24.3 Å². The molecule has 2 atom stereocenters. The molecule has 76 heavy (non-hydrogen) atoms. The van der Waals surface area contributed by atoms with E-state index in [2.05, 4.69) is 31.3 Å². The zero-order chi connectivity index (χ0) is 54.8. The summed E-state index contributed by atoms with van der Waals surface area (Å²) in [6, 6.07) is -0.638. The lowest BCUT2D eigenvalue weighted by molar-refractivity contribution is -0.123. The van der Waals surface area contributed by atoms with Crippen molar-refractivity contribution in [1.29, 1.82) is 0 Å². The molecule has 4 heteroatoms. The predicted octanol–water partition coefficient (Wildman–Crippen LogP) is 24.2. The Morgan fingerprint density at radius 3 is 0.763 bits per heavy atom. The first-order valence-corrected chi connectivity index (χ1v) is 35.6. The molecule has 0 aliphatic rings. The molecular formula is C72H141NO3. The average Bonchev–Trinajstić information content (AvgIpc) is 3.42. The summed E-state index contributed by atoms with van der Waals surface area (Å²) in [7, 11) is 0. The molecule has 0 radical (unpaired) electrons. The number of nitrogens with one attached hydrogen (secondary N) is 1. The SMILES string of the molecule is CCCCCCCCCCCCCCCCCCCCC/C=C/CC/C=C/C(O)C(CO)NC(=O)CCCCCCCCCCCCCCCCCCCCCCCCCCCCCCCCCCCCCCCCC. The molecule has 1 amide bonds. The summed E-state index contributed by atoms with van der Waals surface area (Å²) >= 11 is 0. The Kier molecular flexibility index (Phi) is 67.1. The van der Waals surface area contributed by atoms with Crippen LogP contribution in [0.1, 0.15) is 412 Å². The van der Waals surface area contributed by atoms with E-state index in [-0.39, 0.29) is 12.5 Å². The summed E-state index contributed by atoms with van der Waals surface area (Å²) in [6.45, 7) is 4.35. The number of carbonyl (C=O) groups is 1. The highest BCUT2D eigenvalue weighted by Gasteiger charge is 2.18. The first-order chi connectivity index (χ1) is 37.7. The standard InChI is InChI=1S/C72H141NO3/c1-3-5-7-9-11-13-15-17-19-21-23-25-27-29-30-31-32-33-34-35-36-37-38-39-40-41-42-44-46-48-50-52-54-56-58-60-62-64-66-68-72(76)73-70(69-74)71(75)67-65-63-61-59-57-55-53-51-49-47-45-43-28-26-24-22-20-18-16-14-12-10-8-6-4-2/h57,59,65,67,70-71,74-75H,3-56,58,60-64,66,68-69H2,1-2H3,(H,73,76)/b59-57+,67-65+. The minimum atomic E-state index is -0.861. The quantitative estimate of drug-likeness (QED) is 0.0420. The first kappa shape index (κ1) is 74.9. The van der Waals surface area contributed by atoms with Crippen molar-refractivity contribution in [1.82, 2.24) is 5.32 Å². The Bertz CT molecular complexity index is 1120. The van der Waals surface area contributed by atoms with Crippen LogP contribution in [0.3, 0.4) is 0 Å². The Hall–Kier alpha value is -1.13. The molecule has 0 aromatic carbocycles. The molecule has 0 saturated carbocycles. The van der Waals surface area contributed by atoms with E-state index in [1.54, 1.807) is 6.08 Å². The summed E-state index contributed by atoms with van der Waals surface area (Å²) in [5, 5.41) is 23.3. The van der Waals surface area contributed by atoms with Crippen LogP contribution in [0.5, 0.6) is 0 Å². The molecule has 0 rings (SSSR count). The highest BCUT2D eigenvalue weighted by atomic mass is 16.3. The Labute approximate surface area is 479 Å². The number of unbranched alkanes of at least 4 members (excludes halogenated alkanes) is 58. The van der Waals surface area contributed by atoms with Crippen molar-refractivity contribution >= 4 is 5.91 Å². The van der Waals surface area contributed by atoms with Gasteiger partial charge in [-0.3, -0.25) is 4.79 Å². The van der Waals surface area contributed by atoms with Gasteiger partial charge in [0.15, 0.2) is 0 Å². The predicted molar refractivity (Wildman–Crippen MR) is 341 cm³/mol. The van der Waals surface area contributed by atoms with Crippen molar-refractivity contribution in [2.45, 2.75) is 424 Å². The zero-order valence-electron chi connectivity index (χ0n) is 52.3. The number of carbonyl (C=O) groups excluding carboxylic acids is 1. The molecule has 452 valence electrons. The molecule has 0 saturated heterocycles. The van der Waals surface area contributed by atoms with E-state index in [1.165, 1.54) is 360 Å². The van der Waals surface area contributed by atoms with Gasteiger partial charge in [-0.1, -0.05) is 398 Å². The lowest BCUT2D eigenvalue weighted by atomic mass is 10.0. The Morgan fingerprint density at radius 2 is 0.513 bits per heavy atom. The third-order valence-corrected chi connectivity index (χ3v) is 16.9. The van der Waals surface area contributed by atoms with Gasteiger partial charge in [-0.15, -0.1) is 0 Å². The molecular weight excluding hydrogens is 927 g/mol. The third kappa shape index (κ3) is 63.7. The average molecular weight is 1070 g/mol. The van der Waals surface area contributed by atoms with Gasteiger partial charge in [-0.05, 0) is 32.1 Å². The van der Waals surface area contributed by atoms with Gasteiger partial charge in [0, 0.05) is 6.42 Å². The van der Waals surface area contributed by atoms with Gasteiger partial charge in [-0.25, -0.2) is 0 Å². The van der Waals surface area contributed by atoms with Gasteiger partial charge < -0.3 is 15.5 Å². The van der Waals surface area contributed by atoms with Crippen LogP contribution in [0.15, 0.2) is 24.3 Å². The van der Waals surface area contributed by atoms with Crippen LogP contribution >= 0.6 is 0 Å². The maximum atomic E-state index is 12.5. The Morgan fingerprint density at radius 1 is 0.303 bits per heavy atom. The van der Waals surface area contributed by atoms with Crippen LogP contribution in [0, 0.1) is 0 Å². The first-order valence-electron chi connectivity index (χ1n) is 35.6. The van der Waals surface area contributed by atoms with Crippen LogP contribution in [0.4, 0.5) is 0 Å². The number of aliphatic hydroxyl groups excluding tert-OH is 2. The lowest BCUT2D eigenvalue weighted by Gasteiger charge is -2.19. The van der Waals surface area contributed by atoms with Gasteiger partial charge >= 0.3 is 0 Å². The van der Waals surface area contributed by atoms with E-state index in [0.29, 0.717) is 6.42 Å².